The third-order valence-corrected chi connectivity index (χ3v) is 4.06. The van der Waals surface area contributed by atoms with Gasteiger partial charge in [0, 0.05) is 30.3 Å². The van der Waals surface area contributed by atoms with Crippen LogP contribution in [0.2, 0.25) is 0 Å². The first-order chi connectivity index (χ1) is 12.1. The number of hydrogen-bond acceptors (Lipinski definition) is 4. The Labute approximate surface area is 158 Å². The number of hydrogen-bond donors (Lipinski definition) is 3. The van der Waals surface area contributed by atoms with Crippen molar-refractivity contribution >= 4 is 29.9 Å². The van der Waals surface area contributed by atoms with Crippen molar-refractivity contribution in [1.82, 2.24) is 5.32 Å². The molecule has 1 heterocycles. The number of amides is 2. The number of ether oxygens (including phenoxy) is 1. The average Bonchev–Trinajstić information content (AvgIpc) is 3.06. The predicted molar refractivity (Wildman–Crippen MR) is 103 cm³/mol. The summed E-state index contributed by atoms with van der Waals surface area (Å²) in [6, 6.07) is 14.3. The van der Waals surface area contributed by atoms with Gasteiger partial charge in [-0.2, -0.15) is 0 Å². The van der Waals surface area contributed by atoms with Crippen LogP contribution in [0.1, 0.15) is 22.8 Å². The summed E-state index contributed by atoms with van der Waals surface area (Å²) < 4.78 is 5.68. The molecule has 6 nitrogen and oxygen atoms in total. The van der Waals surface area contributed by atoms with Crippen molar-refractivity contribution in [2.24, 2.45) is 5.73 Å². The van der Waals surface area contributed by atoms with Crippen molar-refractivity contribution in [1.29, 1.82) is 0 Å². The monoisotopic (exact) mass is 375 g/mol. The van der Waals surface area contributed by atoms with Gasteiger partial charge in [-0.25, -0.2) is 0 Å². The molecule has 2 aromatic carbocycles. The van der Waals surface area contributed by atoms with Gasteiger partial charge in [-0.15, -0.1) is 12.4 Å². The molecule has 0 spiro atoms. The van der Waals surface area contributed by atoms with Crippen molar-refractivity contribution in [3.05, 3.63) is 59.7 Å². The zero-order valence-corrected chi connectivity index (χ0v) is 15.2. The number of carbonyl (C=O) groups excluding carboxylic acids is 2. The number of nitrogens with two attached hydrogens (primary N) is 1. The van der Waals surface area contributed by atoms with Gasteiger partial charge in [-0.05, 0) is 36.8 Å². The van der Waals surface area contributed by atoms with E-state index in [0.717, 1.165) is 11.3 Å². The first-order valence-electron chi connectivity index (χ1n) is 8.23. The Bertz CT molecular complexity index is 772. The lowest BCUT2D eigenvalue weighted by Gasteiger charge is -2.14. The SMILES string of the molecule is C[C@@H](CN)NC(=O)c1cccc(NC(=O)C2Cc3ccccc3O2)c1.Cl. The molecular formula is C19H22ClN3O3. The fraction of sp³-hybridized carbons (Fsp3) is 0.263. The summed E-state index contributed by atoms with van der Waals surface area (Å²) in [5.74, 6) is 0.286. The van der Waals surface area contributed by atoms with Crippen LogP contribution in [0.25, 0.3) is 0 Å². The quantitative estimate of drug-likeness (QED) is 0.746. The Balaban J connectivity index is 0.00000243. The van der Waals surface area contributed by atoms with Crippen molar-refractivity contribution in [2.45, 2.75) is 25.5 Å². The number of anilines is 1. The van der Waals surface area contributed by atoms with Crippen LogP contribution in [0, 0.1) is 0 Å². The molecule has 3 rings (SSSR count). The van der Waals surface area contributed by atoms with E-state index in [1.54, 1.807) is 24.3 Å². The highest BCUT2D eigenvalue weighted by Crippen LogP contribution is 2.28. The lowest BCUT2D eigenvalue weighted by molar-refractivity contribution is -0.122. The Morgan fingerprint density at radius 2 is 2.00 bits per heavy atom. The highest BCUT2D eigenvalue weighted by atomic mass is 35.5. The molecular weight excluding hydrogens is 354 g/mol. The molecule has 1 unspecified atom stereocenters. The second-order valence-electron chi connectivity index (χ2n) is 6.10. The molecule has 0 saturated heterocycles. The zero-order valence-electron chi connectivity index (χ0n) is 14.4. The van der Waals surface area contributed by atoms with Crippen LogP contribution < -0.4 is 21.1 Å². The van der Waals surface area contributed by atoms with Crippen molar-refractivity contribution in [2.75, 3.05) is 11.9 Å². The Kier molecular flexibility index (Phi) is 6.60. The van der Waals surface area contributed by atoms with E-state index in [9.17, 15) is 9.59 Å². The summed E-state index contributed by atoms with van der Waals surface area (Å²) in [7, 11) is 0. The summed E-state index contributed by atoms with van der Waals surface area (Å²) >= 11 is 0. The second kappa shape index (κ2) is 8.69. The number of para-hydroxylation sites is 1. The van der Waals surface area contributed by atoms with E-state index >= 15 is 0 Å². The number of benzene rings is 2. The number of nitrogens with one attached hydrogen (secondary N) is 2. The standard InChI is InChI=1S/C19H21N3O3.ClH/c1-12(11-20)21-18(23)14-6-4-7-15(9-14)22-19(24)17-10-13-5-2-3-8-16(13)25-17;/h2-9,12,17H,10-11,20H2,1H3,(H,21,23)(H,22,24);1H/t12-,17?;/m0./s1. The van der Waals surface area contributed by atoms with Crippen LogP contribution in [0.4, 0.5) is 5.69 Å². The minimum Gasteiger partial charge on any atom is -0.480 e. The number of rotatable bonds is 5. The molecule has 0 saturated carbocycles. The Hall–Kier alpha value is -2.57. The lowest BCUT2D eigenvalue weighted by Crippen LogP contribution is -2.37. The highest BCUT2D eigenvalue weighted by Gasteiger charge is 2.28. The summed E-state index contributed by atoms with van der Waals surface area (Å²) in [5, 5.41) is 5.60. The molecule has 0 radical (unpaired) electrons. The number of fused-ring (bicyclic) bond motifs is 1. The molecule has 0 aliphatic carbocycles. The van der Waals surface area contributed by atoms with E-state index in [0.29, 0.717) is 24.2 Å². The summed E-state index contributed by atoms with van der Waals surface area (Å²) in [5.41, 5.74) is 7.55. The van der Waals surface area contributed by atoms with E-state index in [2.05, 4.69) is 10.6 Å². The van der Waals surface area contributed by atoms with Crippen molar-refractivity contribution in [3.8, 4) is 5.75 Å². The van der Waals surface area contributed by atoms with Crippen LogP contribution >= 0.6 is 12.4 Å². The van der Waals surface area contributed by atoms with Gasteiger partial charge in [0.1, 0.15) is 5.75 Å². The maximum atomic E-state index is 12.4. The van der Waals surface area contributed by atoms with Gasteiger partial charge >= 0.3 is 0 Å². The molecule has 1 aliphatic rings. The maximum Gasteiger partial charge on any atom is 0.265 e. The van der Waals surface area contributed by atoms with Crippen LogP contribution in [-0.2, 0) is 11.2 Å². The van der Waals surface area contributed by atoms with Crippen LogP contribution in [0.5, 0.6) is 5.75 Å². The van der Waals surface area contributed by atoms with Crippen LogP contribution in [0.15, 0.2) is 48.5 Å². The Morgan fingerprint density at radius 1 is 1.23 bits per heavy atom. The van der Waals surface area contributed by atoms with E-state index in [4.69, 9.17) is 10.5 Å². The molecule has 2 amide bonds. The van der Waals surface area contributed by atoms with Crippen LogP contribution in [0.3, 0.4) is 0 Å². The molecule has 0 bridgehead atoms. The largest absolute Gasteiger partial charge is 0.480 e. The molecule has 7 heteroatoms. The van der Waals surface area contributed by atoms with Crippen LogP contribution in [-0.4, -0.2) is 30.5 Å². The highest BCUT2D eigenvalue weighted by molar-refractivity contribution is 5.98. The molecule has 2 aromatic rings. The maximum absolute atomic E-state index is 12.4. The second-order valence-corrected chi connectivity index (χ2v) is 6.10. The third kappa shape index (κ3) is 4.53. The molecule has 4 N–H and O–H groups in total. The third-order valence-electron chi connectivity index (χ3n) is 4.06. The van der Waals surface area contributed by atoms with Gasteiger partial charge in [-0.1, -0.05) is 24.3 Å². The summed E-state index contributed by atoms with van der Waals surface area (Å²) in [6.45, 7) is 2.19. The topological polar surface area (TPSA) is 93.5 Å². The van der Waals surface area contributed by atoms with Gasteiger partial charge < -0.3 is 21.1 Å². The summed E-state index contributed by atoms with van der Waals surface area (Å²) in [6.07, 6.45) is -0.0249. The Morgan fingerprint density at radius 3 is 2.73 bits per heavy atom. The fourth-order valence-corrected chi connectivity index (χ4v) is 2.66. The van der Waals surface area contributed by atoms with E-state index in [1.165, 1.54) is 0 Å². The van der Waals surface area contributed by atoms with Gasteiger partial charge in [0.05, 0.1) is 0 Å². The molecule has 26 heavy (non-hydrogen) atoms. The smallest absolute Gasteiger partial charge is 0.265 e. The van der Waals surface area contributed by atoms with Crippen molar-refractivity contribution < 1.29 is 14.3 Å². The van der Waals surface area contributed by atoms with Gasteiger partial charge in [0.25, 0.3) is 11.8 Å². The average molecular weight is 376 g/mol. The first-order valence-corrected chi connectivity index (χ1v) is 8.23. The summed E-state index contributed by atoms with van der Waals surface area (Å²) in [4.78, 5) is 24.6. The molecule has 1 aliphatic heterocycles. The number of halogens is 1. The van der Waals surface area contributed by atoms with E-state index in [-0.39, 0.29) is 30.3 Å². The fourth-order valence-electron chi connectivity index (χ4n) is 2.66. The molecule has 0 aromatic heterocycles. The van der Waals surface area contributed by atoms with Crippen molar-refractivity contribution in [3.63, 3.8) is 0 Å². The predicted octanol–water partition coefficient (Wildman–Crippen LogP) is 2.13. The van der Waals surface area contributed by atoms with Gasteiger partial charge in [0.2, 0.25) is 0 Å². The first kappa shape index (κ1) is 19.8. The molecule has 2 atom stereocenters. The van der Waals surface area contributed by atoms with E-state index in [1.807, 2.05) is 31.2 Å². The molecule has 138 valence electrons. The minimum absolute atomic E-state index is 0. The minimum atomic E-state index is -0.563. The number of carbonyl (C=O) groups is 2. The normalized spacial score (nSPS) is 15.8. The van der Waals surface area contributed by atoms with Gasteiger partial charge in [-0.3, -0.25) is 9.59 Å². The van der Waals surface area contributed by atoms with E-state index < -0.39 is 6.10 Å². The zero-order chi connectivity index (χ0) is 17.8. The molecule has 0 fully saturated rings. The van der Waals surface area contributed by atoms with Gasteiger partial charge in [0.15, 0.2) is 6.10 Å². The lowest BCUT2D eigenvalue weighted by atomic mass is 10.1.